The molecule has 5 rings (SSSR count). The van der Waals surface area contributed by atoms with E-state index in [2.05, 4.69) is 0 Å². The molecular formula is C29H32N2O5. The van der Waals surface area contributed by atoms with Gasteiger partial charge in [0.1, 0.15) is 12.4 Å². The summed E-state index contributed by atoms with van der Waals surface area (Å²) in [5.41, 5.74) is 4.64. The monoisotopic (exact) mass is 488 g/mol. The Bertz CT molecular complexity index is 1220. The van der Waals surface area contributed by atoms with Gasteiger partial charge in [0.05, 0.1) is 25.7 Å². The Hall–Kier alpha value is -3.71. The molecule has 0 saturated carbocycles. The number of anilines is 2. The number of hydrogen-bond acceptors (Lipinski definition) is 6. The highest BCUT2D eigenvalue weighted by Gasteiger charge is 2.36. The predicted octanol–water partition coefficient (Wildman–Crippen LogP) is 4.70. The van der Waals surface area contributed by atoms with Crippen molar-refractivity contribution < 1.29 is 24.1 Å². The Morgan fingerprint density at radius 3 is 2.44 bits per heavy atom. The predicted molar refractivity (Wildman–Crippen MR) is 139 cm³/mol. The van der Waals surface area contributed by atoms with Gasteiger partial charge in [-0.2, -0.15) is 0 Å². The number of phenolic OH excluding ortho intramolecular Hbond substituents is 1. The van der Waals surface area contributed by atoms with Crippen LogP contribution in [0.25, 0.3) is 0 Å². The molecule has 36 heavy (non-hydrogen) atoms. The second-order valence-corrected chi connectivity index (χ2v) is 9.49. The van der Waals surface area contributed by atoms with Crippen molar-refractivity contribution in [3.63, 3.8) is 0 Å². The van der Waals surface area contributed by atoms with Gasteiger partial charge in [0.15, 0.2) is 11.5 Å². The molecule has 1 amide bonds. The molecule has 0 aromatic heterocycles. The van der Waals surface area contributed by atoms with E-state index in [4.69, 9.17) is 14.2 Å². The van der Waals surface area contributed by atoms with Gasteiger partial charge in [-0.1, -0.05) is 12.1 Å². The maximum Gasteiger partial charge on any atom is 0.232 e. The van der Waals surface area contributed by atoms with Gasteiger partial charge in [-0.05, 0) is 78.1 Å². The van der Waals surface area contributed by atoms with Gasteiger partial charge in [0.2, 0.25) is 5.91 Å². The minimum absolute atomic E-state index is 0.00625. The molecule has 3 aromatic carbocycles. The van der Waals surface area contributed by atoms with Gasteiger partial charge >= 0.3 is 0 Å². The number of benzene rings is 3. The second-order valence-electron chi connectivity index (χ2n) is 9.49. The van der Waals surface area contributed by atoms with E-state index >= 15 is 0 Å². The third kappa shape index (κ3) is 4.71. The van der Waals surface area contributed by atoms with Crippen molar-refractivity contribution in [2.24, 2.45) is 0 Å². The van der Waals surface area contributed by atoms with Crippen LogP contribution in [0, 0.1) is 0 Å². The molecule has 3 aromatic rings. The van der Waals surface area contributed by atoms with Gasteiger partial charge in [-0.25, -0.2) is 0 Å². The lowest BCUT2D eigenvalue weighted by Crippen LogP contribution is -2.41. The van der Waals surface area contributed by atoms with Crippen LogP contribution < -0.4 is 19.3 Å². The lowest BCUT2D eigenvalue weighted by Gasteiger charge is -2.38. The van der Waals surface area contributed by atoms with E-state index in [0.29, 0.717) is 18.1 Å². The Balaban J connectivity index is 1.59. The van der Waals surface area contributed by atoms with Crippen molar-refractivity contribution >= 4 is 17.3 Å². The summed E-state index contributed by atoms with van der Waals surface area (Å²) >= 11 is 0. The summed E-state index contributed by atoms with van der Waals surface area (Å²) in [5, 5.41) is 9.92. The van der Waals surface area contributed by atoms with Crippen molar-refractivity contribution in [3.05, 3.63) is 77.4 Å². The molecule has 0 aliphatic carbocycles. The molecule has 0 radical (unpaired) electrons. The van der Waals surface area contributed by atoms with Crippen molar-refractivity contribution in [2.45, 2.75) is 31.4 Å². The van der Waals surface area contributed by atoms with Crippen LogP contribution in [-0.4, -0.2) is 51.5 Å². The van der Waals surface area contributed by atoms with E-state index in [1.165, 1.54) is 0 Å². The average molecular weight is 489 g/mol. The fourth-order valence-electron chi connectivity index (χ4n) is 4.98. The molecule has 1 saturated heterocycles. The minimum atomic E-state index is -0.386. The van der Waals surface area contributed by atoms with Crippen molar-refractivity contribution in [1.29, 1.82) is 0 Å². The average Bonchev–Trinajstić information content (AvgIpc) is 3.41. The van der Waals surface area contributed by atoms with Gasteiger partial charge < -0.3 is 29.1 Å². The topological polar surface area (TPSA) is 71.5 Å². The SMILES string of the molecule is COc1cc2c(cc1OCC1CCCO1)C(c1ccc(O)cc1)N(c1ccc(N(C)C)cc1)C(=O)C2. The van der Waals surface area contributed by atoms with Gasteiger partial charge in [0, 0.05) is 32.1 Å². The molecule has 7 nitrogen and oxygen atoms in total. The van der Waals surface area contributed by atoms with Crippen molar-refractivity contribution in [1.82, 2.24) is 0 Å². The van der Waals surface area contributed by atoms with Crippen molar-refractivity contribution in [2.75, 3.05) is 44.2 Å². The third-order valence-corrected chi connectivity index (χ3v) is 6.89. The zero-order valence-electron chi connectivity index (χ0n) is 20.9. The number of aromatic hydroxyl groups is 1. The molecule has 2 aliphatic rings. The van der Waals surface area contributed by atoms with E-state index in [1.807, 2.05) is 72.4 Å². The van der Waals surface area contributed by atoms with Crippen molar-refractivity contribution in [3.8, 4) is 17.2 Å². The van der Waals surface area contributed by atoms with Crippen LogP contribution in [0.1, 0.15) is 35.6 Å². The van der Waals surface area contributed by atoms with Crippen LogP contribution in [0.2, 0.25) is 0 Å². The summed E-state index contributed by atoms with van der Waals surface area (Å²) in [6.07, 6.45) is 2.35. The van der Waals surface area contributed by atoms with Crippen LogP contribution in [0.3, 0.4) is 0 Å². The summed E-state index contributed by atoms with van der Waals surface area (Å²) in [5.74, 6) is 1.41. The Morgan fingerprint density at radius 1 is 1.06 bits per heavy atom. The highest BCUT2D eigenvalue weighted by molar-refractivity contribution is 5.98. The molecule has 7 heteroatoms. The highest BCUT2D eigenvalue weighted by Crippen LogP contribution is 2.44. The number of phenols is 1. The van der Waals surface area contributed by atoms with Gasteiger partial charge in [-0.3, -0.25) is 4.79 Å². The van der Waals surface area contributed by atoms with Crippen LogP contribution in [0.15, 0.2) is 60.7 Å². The Labute approximate surface area is 211 Å². The summed E-state index contributed by atoms with van der Waals surface area (Å²) in [6, 6.07) is 18.5. The molecule has 2 heterocycles. The Morgan fingerprint density at radius 2 is 1.81 bits per heavy atom. The van der Waals surface area contributed by atoms with E-state index in [9.17, 15) is 9.90 Å². The van der Waals surface area contributed by atoms with E-state index < -0.39 is 0 Å². The molecule has 188 valence electrons. The smallest absolute Gasteiger partial charge is 0.232 e. The zero-order chi connectivity index (χ0) is 25.2. The first-order chi connectivity index (χ1) is 17.4. The number of carbonyl (C=O) groups is 1. The number of rotatable bonds is 7. The molecule has 2 aliphatic heterocycles. The van der Waals surface area contributed by atoms with Crippen LogP contribution in [0.4, 0.5) is 11.4 Å². The largest absolute Gasteiger partial charge is 0.508 e. The van der Waals surface area contributed by atoms with Crippen LogP contribution in [-0.2, 0) is 16.0 Å². The summed E-state index contributed by atoms with van der Waals surface area (Å²) in [6.45, 7) is 1.22. The maximum absolute atomic E-state index is 13.6. The summed E-state index contributed by atoms with van der Waals surface area (Å²) in [7, 11) is 5.59. The molecule has 0 bridgehead atoms. The lowest BCUT2D eigenvalue weighted by molar-refractivity contribution is -0.118. The number of hydrogen-bond donors (Lipinski definition) is 1. The fraction of sp³-hybridized carbons (Fsp3) is 0.345. The van der Waals surface area contributed by atoms with Gasteiger partial charge in [0.25, 0.3) is 0 Å². The minimum Gasteiger partial charge on any atom is -0.508 e. The number of methoxy groups -OCH3 is 1. The first-order valence-electron chi connectivity index (χ1n) is 12.3. The number of ether oxygens (including phenoxy) is 3. The number of carbonyl (C=O) groups excluding carboxylic acids is 1. The van der Waals surface area contributed by atoms with Gasteiger partial charge in [-0.15, -0.1) is 0 Å². The fourth-order valence-corrected chi connectivity index (χ4v) is 4.98. The maximum atomic E-state index is 13.6. The number of nitrogens with zero attached hydrogens (tertiary/aromatic N) is 2. The molecular weight excluding hydrogens is 456 g/mol. The molecule has 2 unspecified atom stereocenters. The normalized spacial score (nSPS) is 19.2. The van der Waals surface area contributed by atoms with E-state index in [1.54, 1.807) is 19.2 Å². The molecule has 0 spiro atoms. The highest BCUT2D eigenvalue weighted by atomic mass is 16.5. The molecule has 1 fully saturated rings. The first kappa shape index (κ1) is 24.0. The van der Waals surface area contributed by atoms with Crippen LogP contribution >= 0.6 is 0 Å². The molecule has 1 N–H and O–H groups in total. The van der Waals surface area contributed by atoms with E-state index in [-0.39, 0.29) is 30.2 Å². The molecule has 2 atom stereocenters. The quantitative estimate of drug-likeness (QED) is 0.520. The third-order valence-electron chi connectivity index (χ3n) is 6.89. The van der Waals surface area contributed by atoms with Crippen LogP contribution in [0.5, 0.6) is 17.2 Å². The summed E-state index contributed by atoms with van der Waals surface area (Å²) < 4.78 is 17.6. The number of amides is 1. The summed E-state index contributed by atoms with van der Waals surface area (Å²) in [4.78, 5) is 17.5. The second kappa shape index (κ2) is 10.1. The standard InChI is InChI=1S/C29H32N2O5/c1-30(2)21-8-10-22(11-9-21)31-28(33)16-20-15-26(34-3)27(36-18-24-5-4-14-35-24)17-25(20)29(31)19-6-12-23(32)13-7-19/h6-13,15,17,24,29,32H,4-5,14,16,18H2,1-3H3. The van der Waals surface area contributed by atoms with E-state index in [0.717, 1.165) is 47.5 Å². The number of fused-ring (bicyclic) bond motifs is 1. The first-order valence-corrected chi connectivity index (χ1v) is 12.3. The zero-order valence-corrected chi connectivity index (χ0v) is 20.9. The lowest BCUT2D eigenvalue weighted by atomic mass is 9.86. The Kier molecular flexibility index (Phi) is 6.74.